The molecule has 130 valence electrons. The molecule has 0 saturated carbocycles. The first-order valence-electron chi connectivity index (χ1n) is 8.18. The van der Waals surface area contributed by atoms with Gasteiger partial charge in [0.05, 0.1) is 17.1 Å². The lowest BCUT2D eigenvalue weighted by molar-refractivity contribution is -0.692. The molecule has 3 N–H and O–H groups in total. The van der Waals surface area contributed by atoms with Crippen molar-refractivity contribution < 1.29 is 14.5 Å². The summed E-state index contributed by atoms with van der Waals surface area (Å²) in [5, 5.41) is 9.23. The molecule has 0 aliphatic carbocycles. The third-order valence-corrected chi connectivity index (χ3v) is 4.30. The van der Waals surface area contributed by atoms with Crippen LogP contribution in [0.3, 0.4) is 0 Å². The normalized spacial score (nSPS) is 12.5. The fraction of sp³-hybridized carbons (Fsp3) is 0.444. The fourth-order valence-corrected chi connectivity index (χ4v) is 2.86. The van der Waals surface area contributed by atoms with Crippen LogP contribution in [0.1, 0.15) is 36.8 Å². The Hall–Kier alpha value is -2.21. The average molecular weight is 333 g/mol. The highest BCUT2D eigenvalue weighted by molar-refractivity contribution is 5.92. The van der Waals surface area contributed by atoms with Crippen molar-refractivity contribution in [2.45, 2.75) is 33.7 Å². The summed E-state index contributed by atoms with van der Waals surface area (Å²) in [6, 6.07) is 6.59. The van der Waals surface area contributed by atoms with E-state index in [4.69, 9.17) is 0 Å². The Bertz CT molecular complexity index is 707. The van der Waals surface area contributed by atoms with E-state index in [1.165, 1.54) is 12.1 Å². The molecule has 5 nitrogen and oxygen atoms in total. The topological polar surface area (TPSA) is 63.5 Å². The minimum atomic E-state index is -0.249. The van der Waals surface area contributed by atoms with Crippen LogP contribution in [0.4, 0.5) is 10.1 Å². The Morgan fingerprint density at radius 2 is 1.92 bits per heavy atom. The predicted octanol–water partition coefficient (Wildman–Crippen LogP) is 2.08. The molecule has 0 aliphatic rings. The standard InChI is InChI=1S/C18H25FN4O/c1-11(2)17(14-6-8-15(19)9-7-14)20-10-16(24)21-18-12(3)22-23(5)13(18)4/h6-9,11,17,20H,10H2,1-5H3,(H,21,24)/p+1/t17-/m1/s1. The van der Waals surface area contributed by atoms with E-state index in [1.54, 1.807) is 16.8 Å². The zero-order chi connectivity index (χ0) is 17.9. The summed E-state index contributed by atoms with van der Waals surface area (Å²) < 4.78 is 14.9. The van der Waals surface area contributed by atoms with Gasteiger partial charge in [-0.15, -0.1) is 0 Å². The number of halogens is 1. The second kappa shape index (κ2) is 7.57. The highest BCUT2D eigenvalue weighted by Crippen LogP contribution is 2.19. The van der Waals surface area contributed by atoms with E-state index in [9.17, 15) is 9.18 Å². The van der Waals surface area contributed by atoms with Gasteiger partial charge in [-0.3, -0.25) is 9.48 Å². The molecule has 0 bridgehead atoms. The number of anilines is 1. The summed E-state index contributed by atoms with van der Waals surface area (Å²) >= 11 is 0. The van der Waals surface area contributed by atoms with E-state index in [1.807, 2.05) is 26.2 Å². The summed E-state index contributed by atoms with van der Waals surface area (Å²) in [6.45, 7) is 8.29. The van der Waals surface area contributed by atoms with Gasteiger partial charge in [0.1, 0.15) is 11.9 Å². The van der Waals surface area contributed by atoms with Crippen molar-refractivity contribution in [2.24, 2.45) is 13.0 Å². The maximum absolute atomic E-state index is 13.1. The molecule has 1 aromatic heterocycles. The van der Waals surface area contributed by atoms with Crippen LogP contribution < -0.4 is 10.6 Å². The Balaban J connectivity index is 2.01. The quantitative estimate of drug-likeness (QED) is 0.850. The van der Waals surface area contributed by atoms with Crippen LogP contribution in [0.5, 0.6) is 0 Å². The van der Waals surface area contributed by atoms with Gasteiger partial charge >= 0.3 is 0 Å². The second-order valence-electron chi connectivity index (χ2n) is 6.48. The Morgan fingerprint density at radius 1 is 1.29 bits per heavy atom. The smallest absolute Gasteiger partial charge is 0.279 e. The largest absolute Gasteiger partial charge is 0.332 e. The number of nitrogens with one attached hydrogen (secondary N) is 1. The van der Waals surface area contributed by atoms with Crippen molar-refractivity contribution in [3.05, 3.63) is 47.0 Å². The lowest BCUT2D eigenvalue weighted by Crippen LogP contribution is -2.88. The number of benzene rings is 1. The molecule has 2 aromatic rings. The molecule has 1 atom stereocenters. The molecule has 0 fully saturated rings. The minimum absolute atomic E-state index is 0.0676. The third kappa shape index (κ3) is 4.20. The van der Waals surface area contributed by atoms with Crippen LogP contribution in [-0.4, -0.2) is 22.2 Å². The Morgan fingerprint density at radius 3 is 2.42 bits per heavy atom. The number of quaternary nitrogens is 1. The number of rotatable bonds is 6. The van der Waals surface area contributed by atoms with Crippen molar-refractivity contribution in [2.75, 3.05) is 11.9 Å². The molecule has 0 aliphatic heterocycles. The molecular weight excluding hydrogens is 307 g/mol. The zero-order valence-corrected chi connectivity index (χ0v) is 14.9. The molecule has 0 unspecified atom stereocenters. The molecule has 6 heteroatoms. The number of amides is 1. The highest BCUT2D eigenvalue weighted by atomic mass is 19.1. The summed E-state index contributed by atoms with van der Waals surface area (Å²) in [5.41, 5.74) is 3.54. The summed E-state index contributed by atoms with van der Waals surface area (Å²) in [4.78, 5) is 12.3. The third-order valence-electron chi connectivity index (χ3n) is 4.30. The molecule has 1 heterocycles. The van der Waals surface area contributed by atoms with Crippen molar-refractivity contribution in [3.8, 4) is 0 Å². The van der Waals surface area contributed by atoms with E-state index in [0.717, 1.165) is 22.6 Å². The molecule has 1 aromatic carbocycles. The number of nitrogens with two attached hydrogens (primary N) is 1. The molecule has 0 spiro atoms. The molecule has 24 heavy (non-hydrogen) atoms. The van der Waals surface area contributed by atoms with Crippen LogP contribution in [0, 0.1) is 25.6 Å². The van der Waals surface area contributed by atoms with Gasteiger partial charge in [-0.25, -0.2) is 4.39 Å². The summed E-state index contributed by atoms with van der Waals surface area (Å²) in [5.74, 6) is 0.00798. The van der Waals surface area contributed by atoms with E-state index < -0.39 is 0 Å². The highest BCUT2D eigenvalue weighted by Gasteiger charge is 2.21. The van der Waals surface area contributed by atoms with Gasteiger partial charge in [-0.1, -0.05) is 26.0 Å². The van der Waals surface area contributed by atoms with Crippen molar-refractivity contribution in [3.63, 3.8) is 0 Å². The minimum Gasteiger partial charge on any atom is -0.332 e. The van der Waals surface area contributed by atoms with Crippen molar-refractivity contribution >= 4 is 11.6 Å². The van der Waals surface area contributed by atoms with Gasteiger partial charge in [0, 0.05) is 18.5 Å². The first kappa shape index (κ1) is 18.1. The second-order valence-corrected chi connectivity index (χ2v) is 6.48. The SMILES string of the molecule is Cc1nn(C)c(C)c1NC(=O)C[NH2+][C@@H](c1ccc(F)cc1)C(C)C. The van der Waals surface area contributed by atoms with Crippen LogP contribution in [0.15, 0.2) is 24.3 Å². The number of nitrogens with zero attached hydrogens (tertiary/aromatic N) is 2. The predicted molar refractivity (Wildman–Crippen MR) is 92.1 cm³/mol. The number of aromatic nitrogens is 2. The van der Waals surface area contributed by atoms with E-state index in [0.29, 0.717) is 12.5 Å². The average Bonchev–Trinajstić information content (AvgIpc) is 2.75. The van der Waals surface area contributed by atoms with Crippen molar-refractivity contribution in [1.82, 2.24) is 9.78 Å². The first-order valence-corrected chi connectivity index (χ1v) is 8.18. The van der Waals surface area contributed by atoms with Gasteiger partial charge < -0.3 is 10.6 Å². The lowest BCUT2D eigenvalue weighted by atomic mass is 9.96. The van der Waals surface area contributed by atoms with Gasteiger partial charge in [0.25, 0.3) is 5.91 Å². The Kier molecular flexibility index (Phi) is 5.72. The molecular formula is C18H26FN4O+. The number of carbonyl (C=O) groups excluding carboxylic acids is 1. The van der Waals surface area contributed by atoms with E-state index >= 15 is 0 Å². The maximum atomic E-state index is 13.1. The van der Waals surface area contributed by atoms with Crippen LogP contribution in [0.2, 0.25) is 0 Å². The van der Waals surface area contributed by atoms with Crippen LogP contribution in [0.25, 0.3) is 0 Å². The molecule has 0 radical (unpaired) electrons. The molecule has 1 amide bonds. The van der Waals surface area contributed by atoms with Gasteiger partial charge in [-0.05, 0) is 26.0 Å². The monoisotopic (exact) mass is 333 g/mol. The first-order chi connectivity index (χ1) is 11.3. The number of hydrogen-bond donors (Lipinski definition) is 2. The van der Waals surface area contributed by atoms with E-state index in [-0.39, 0.29) is 17.8 Å². The zero-order valence-electron chi connectivity index (χ0n) is 14.9. The van der Waals surface area contributed by atoms with Gasteiger partial charge in [-0.2, -0.15) is 5.10 Å². The van der Waals surface area contributed by atoms with E-state index in [2.05, 4.69) is 24.3 Å². The fourth-order valence-electron chi connectivity index (χ4n) is 2.86. The maximum Gasteiger partial charge on any atom is 0.279 e. The number of hydrogen-bond acceptors (Lipinski definition) is 2. The number of aryl methyl sites for hydroxylation is 2. The number of carbonyl (C=O) groups is 1. The lowest BCUT2D eigenvalue weighted by Gasteiger charge is -2.19. The Labute approximate surface area is 142 Å². The van der Waals surface area contributed by atoms with Crippen molar-refractivity contribution in [1.29, 1.82) is 0 Å². The van der Waals surface area contributed by atoms with Crippen LogP contribution in [-0.2, 0) is 11.8 Å². The summed E-state index contributed by atoms with van der Waals surface area (Å²) in [6.07, 6.45) is 0. The van der Waals surface area contributed by atoms with Gasteiger partial charge in [0.15, 0.2) is 6.54 Å². The molecule has 0 saturated heterocycles. The molecule has 2 rings (SSSR count). The van der Waals surface area contributed by atoms with Gasteiger partial charge in [0.2, 0.25) is 0 Å². The summed E-state index contributed by atoms with van der Waals surface area (Å²) in [7, 11) is 1.85. The van der Waals surface area contributed by atoms with Crippen LogP contribution >= 0.6 is 0 Å².